The van der Waals surface area contributed by atoms with E-state index in [1.54, 1.807) is 5.57 Å². The normalized spacial score (nSPS) is 35.9. The van der Waals surface area contributed by atoms with Crippen molar-refractivity contribution in [2.24, 2.45) is 23.2 Å². The van der Waals surface area contributed by atoms with Crippen LogP contribution in [0.25, 0.3) is 0 Å². The molecule has 5 rings (SSSR count). The highest BCUT2D eigenvalue weighted by atomic mass is 35.5. The molecule has 1 N–H and O–H groups in total. The second-order valence-corrected chi connectivity index (χ2v) is 11.1. The second kappa shape index (κ2) is 8.12. The number of quaternary nitrogens is 1. The number of carbonyl (C=O) groups excluding carboxylic acids is 1. The number of hydrogen-bond donors (Lipinski definition) is 1. The third-order valence-corrected chi connectivity index (χ3v) is 8.81. The highest BCUT2D eigenvalue weighted by Crippen LogP contribution is 2.53. The van der Waals surface area contributed by atoms with Gasteiger partial charge >= 0.3 is 5.97 Å². The molecule has 0 radical (unpaired) electrons. The van der Waals surface area contributed by atoms with Crippen molar-refractivity contribution in [3.8, 4) is 0 Å². The van der Waals surface area contributed by atoms with Crippen LogP contribution in [0.15, 0.2) is 29.8 Å². The first-order valence-corrected chi connectivity index (χ1v) is 12.5. The summed E-state index contributed by atoms with van der Waals surface area (Å²) in [5.74, 6) is 0.984. The number of anilines is 1. The van der Waals surface area contributed by atoms with Gasteiger partial charge in [0.15, 0.2) is 0 Å². The van der Waals surface area contributed by atoms with Gasteiger partial charge in [-0.25, -0.2) is 0 Å². The van der Waals surface area contributed by atoms with Crippen LogP contribution in [0.4, 0.5) is 5.69 Å². The van der Waals surface area contributed by atoms with E-state index in [4.69, 9.17) is 16.3 Å². The van der Waals surface area contributed by atoms with Crippen molar-refractivity contribution in [1.82, 2.24) is 0 Å². The van der Waals surface area contributed by atoms with Crippen LogP contribution < -0.4 is 9.80 Å². The lowest BCUT2D eigenvalue weighted by atomic mass is 9.59. The monoisotopic (exact) mass is 443 g/mol. The van der Waals surface area contributed by atoms with Gasteiger partial charge in [0.25, 0.3) is 0 Å². The number of halogens is 1. The number of carbonyl (C=O) groups is 1. The Bertz CT molecular complexity index is 891. The van der Waals surface area contributed by atoms with Crippen LogP contribution >= 0.6 is 11.6 Å². The van der Waals surface area contributed by atoms with Crippen molar-refractivity contribution in [1.29, 1.82) is 0 Å². The van der Waals surface area contributed by atoms with Gasteiger partial charge in [0.05, 0.1) is 32.7 Å². The number of rotatable bonds is 3. The Kier molecular flexibility index (Phi) is 5.58. The summed E-state index contributed by atoms with van der Waals surface area (Å²) in [5.41, 5.74) is 4.36. The minimum Gasteiger partial charge on any atom is -0.461 e. The number of piperazine rings is 1. The smallest absolute Gasteiger partial charge is 0.315 e. The second-order valence-electron chi connectivity index (χ2n) is 10.7. The van der Waals surface area contributed by atoms with E-state index in [2.05, 4.69) is 43.9 Å². The van der Waals surface area contributed by atoms with Gasteiger partial charge in [0.1, 0.15) is 12.0 Å². The predicted molar refractivity (Wildman–Crippen MR) is 125 cm³/mol. The van der Waals surface area contributed by atoms with E-state index in [-0.39, 0.29) is 29.3 Å². The molecule has 1 aromatic rings. The maximum absolute atomic E-state index is 12.9. The van der Waals surface area contributed by atoms with Crippen LogP contribution in [0.1, 0.15) is 45.1 Å². The van der Waals surface area contributed by atoms with Crippen LogP contribution in [0.5, 0.6) is 0 Å². The summed E-state index contributed by atoms with van der Waals surface area (Å²) in [7, 11) is 0. The average molecular weight is 444 g/mol. The van der Waals surface area contributed by atoms with E-state index >= 15 is 0 Å². The summed E-state index contributed by atoms with van der Waals surface area (Å²) in [6.07, 6.45) is 7.42. The molecule has 5 unspecified atom stereocenters. The molecule has 0 bridgehead atoms. The molecule has 31 heavy (non-hydrogen) atoms. The Morgan fingerprint density at radius 1 is 1.29 bits per heavy atom. The van der Waals surface area contributed by atoms with Crippen molar-refractivity contribution >= 4 is 23.3 Å². The van der Waals surface area contributed by atoms with E-state index in [0.717, 1.165) is 44.2 Å². The fourth-order valence-corrected chi connectivity index (χ4v) is 6.95. The van der Waals surface area contributed by atoms with Gasteiger partial charge < -0.3 is 14.5 Å². The first kappa shape index (κ1) is 21.3. The van der Waals surface area contributed by atoms with E-state index in [1.807, 2.05) is 6.07 Å². The molecule has 1 saturated carbocycles. The standard InChI is InChI=1S/C26H35ClN2O2/c1-17-5-4-8-26(3)15-24-20(14-22(17)26)21(25(30)31-24)16-28-9-11-29(12-10-28)23-13-19(27)7-6-18(23)2/h6-7,13-14,17,20-21,24H,4-5,8-12,15-16H2,1-3H3/p+1. The Morgan fingerprint density at radius 3 is 2.84 bits per heavy atom. The van der Waals surface area contributed by atoms with E-state index in [0.29, 0.717) is 5.92 Å². The number of esters is 1. The molecule has 4 nitrogen and oxygen atoms in total. The molecule has 168 valence electrons. The fourth-order valence-electron chi connectivity index (χ4n) is 6.78. The molecule has 2 heterocycles. The van der Waals surface area contributed by atoms with Crippen LogP contribution in [-0.4, -0.2) is 44.8 Å². The number of benzene rings is 1. The maximum Gasteiger partial charge on any atom is 0.315 e. The lowest BCUT2D eigenvalue weighted by Crippen LogP contribution is -3.15. The molecule has 1 aromatic carbocycles. The topological polar surface area (TPSA) is 34.0 Å². The quantitative estimate of drug-likeness (QED) is 0.571. The van der Waals surface area contributed by atoms with E-state index in [1.165, 1.54) is 35.4 Å². The Labute approximate surface area is 191 Å². The Hall–Kier alpha value is -1.52. The SMILES string of the molecule is Cc1ccc(Cl)cc1N1CC[NH+](CC2C(=O)OC3CC4(C)CCCC(C)C4=CC32)CC1. The molecule has 3 fully saturated rings. The van der Waals surface area contributed by atoms with Crippen molar-refractivity contribution in [3.63, 3.8) is 0 Å². The molecule has 2 saturated heterocycles. The van der Waals surface area contributed by atoms with Crippen LogP contribution in [0, 0.1) is 30.1 Å². The van der Waals surface area contributed by atoms with Crippen molar-refractivity contribution in [2.45, 2.75) is 52.6 Å². The molecule has 2 aliphatic heterocycles. The van der Waals surface area contributed by atoms with Crippen LogP contribution in [0.3, 0.4) is 0 Å². The highest BCUT2D eigenvalue weighted by Gasteiger charge is 2.52. The fraction of sp³-hybridized carbons (Fsp3) is 0.654. The summed E-state index contributed by atoms with van der Waals surface area (Å²) in [4.78, 5) is 16.9. The van der Waals surface area contributed by atoms with Gasteiger partial charge in [-0.2, -0.15) is 0 Å². The van der Waals surface area contributed by atoms with E-state index < -0.39 is 0 Å². The third kappa shape index (κ3) is 3.91. The molecule has 5 atom stereocenters. The molecule has 5 heteroatoms. The Balaban J connectivity index is 1.27. The van der Waals surface area contributed by atoms with Crippen LogP contribution in [0.2, 0.25) is 5.02 Å². The maximum atomic E-state index is 12.9. The van der Waals surface area contributed by atoms with Gasteiger partial charge in [0.2, 0.25) is 0 Å². The molecular weight excluding hydrogens is 408 g/mol. The number of nitrogens with zero attached hydrogens (tertiary/aromatic N) is 1. The number of fused-ring (bicyclic) bond motifs is 2. The van der Waals surface area contributed by atoms with Crippen molar-refractivity contribution in [2.75, 3.05) is 37.6 Å². The lowest BCUT2D eigenvalue weighted by molar-refractivity contribution is -0.903. The van der Waals surface area contributed by atoms with Gasteiger partial charge in [-0.05, 0) is 55.2 Å². The minimum absolute atomic E-state index is 0.0191. The first-order valence-electron chi connectivity index (χ1n) is 12.1. The highest BCUT2D eigenvalue weighted by molar-refractivity contribution is 6.30. The summed E-state index contributed by atoms with van der Waals surface area (Å²) in [6.45, 7) is 11.9. The van der Waals surface area contributed by atoms with Gasteiger partial charge in [-0.3, -0.25) is 4.79 Å². The molecule has 0 aromatic heterocycles. The molecular formula is C26H36ClN2O2+. The third-order valence-electron chi connectivity index (χ3n) is 8.57. The van der Waals surface area contributed by atoms with Crippen molar-refractivity contribution < 1.29 is 14.4 Å². The van der Waals surface area contributed by atoms with Crippen molar-refractivity contribution in [3.05, 3.63) is 40.4 Å². The summed E-state index contributed by atoms with van der Waals surface area (Å²) in [6, 6.07) is 6.14. The largest absolute Gasteiger partial charge is 0.461 e. The summed E-state index contributed by atoms with van der Waals surface area (Å²) in [5, 5.41) is 0.796. The number of allylic oxidation sites excluding steroid dienone is 1. The zero-order valence-corrected chi connectivity index (χ0v) is 19.9. The molecule has 0 spiro atoms. The number of hydrogen-bond acceptors (Lipinski definition) is 3. The zero-order valence-electron chi connectivity index (χ0n) is 19.1. The zero-order chi connectivity index (χ0) is 21.8. The van der Waals surface area contributed by atoms with Gasteiger partial charge in [-0.15, -0.1) is 0 Å². The summed E-state index contributed by atoms with van der Waals surface area (Å²) >= 11 is 6.24. The minimum atomic E-state index is 0.0191. The van der Waals surface area contributed by atoms with Gasteiger partial charge in [0, 0.05) is 16.6 Å². The molecule has 4 aliphatic rings. The number of ether oxygens (including phenoxy) is 1. The van der Waals surface area contributed by atoms with Crippen LogP contribution in [-0.2, 0) is 9.53 Å². The molecule has 2 aliphatic carbocycles. The molecule has 0 amide bonds. The average Bonchev–Trinajstić information content (AvgIpc) is 3.02. The first-order chi connectivity index (χ1) is 14.8. The van der Waals surface area contributed by atoms with Gasteiger partial charge in [-0.1, -0.05) is 49.6 Å². The summed E-state index contributed by atoms with van der Waals surface area (Å²) < 4.78 is 5.97. The predicted octanol–water partition coefficient (Wildman–Crippen LogP) is 3.67. The number of nitrogens with one attached hydrogen (secondary N) is 1. The number of aryl methyl sites for hydroxylation is 1. The Morgan fingerprint density at radius 2 is 2.06 bits per heavy atom. The lowest BCUT2D eigenvalue weighted by Gasteiger charge is -2.46. The van der Waals surface area contributed by atoms with E-state index in [9.17, 15) is 4.79 Å².